The number of hydrogen-bond acceptors (Lipinski definition) is 3. The largest absolute Gasteiger partial charge is 0.355 e. The Kier molecular flexibility index (Phi) is 6.11. The van der Waals surface area contributed by atoms with Gasteiger partial charge in [-0.2, -0.15) is 0 Å². The van der Waals surface area contributed by atoms with Crippen molar-refractivity contribution in [2.75, 3.05) is 5.32 Å². The third-order valence-electron chi connectivity index (χ3n) is 4.09. The van der Waals surface area contributed by atoms with E-state index in [-0.39, 0.29) is 11.6 Å². The summed E-state index contributed by atoms with van der Waals surface area (Å²) in [6.45, 7) is 1.85. The van der Waals surface area contributed by atoms with Crippen molar-refractivity contribution in [1.29, 1.82) is 0 Å². The van der Waals surface area contributed by atoms with Gasteiger partial charge in [-0.05, 0) is 61.0 Å². The minimum absolute atomic E-state index is 0.0198. The maximum Gasteiger partial charge on any atom is 0.244 e. The standard InChI is InChI=1S/C22H19F2N3O/c1-15(26-22(28)8-5-17-13-18(23)6-7-21(17)24)16-3-2-4-20(14-16)27-19-9-11-25-12-10-19/h2-15H,1H3,(H,25,27)(H,26,28)/b8-5+/t15-/m0/s1. The number of rotatable bonds is 6. The van der Waals surface area contributed by atoms with Gasteiger partial charge in [-0.1, -0.05) is 12.1 Å². The number of hydrogen-bond donors (Lipinski definition) is 2. The lowest BCUT2D eigenvalue weighted by Gasteiger charge is -2.15. The number of halogens is 2. The molecule has 0 radical (unpaired) electrons. The normalized spacial score (nSPS) is 12.0. The maximum atomic E-state index is 13.6. The highest BCUT2D eigenvalue weighted by molar-refractivity contribution is 5.92. The van der Waals surface area contributed by atoms with Crippen LogP contribution in [0.1, 0.15) is 24.1 Å². The van der Waals surface area contributed by atoms with Crippen LogP contribution >= 0.6 is 0 Å². The Morgan fingerprint density at radius 3 is 2.61 bits per heavy atom. The van der Waals surface area contributed by atoms with Crippen LogP contribution in [0.3, 0.4) is 0 Å². The van der Waals surface area contributed by atoms with Crippen molar-refractivity contribution in [2.45, 2.75) is 13.0 Å². The molecule has 1 atom stereocenters. The molecule has 4 nitrogen and oxygen atoms in total. The van der Waals surface area contributed by atoms with Crippen LogP contribution in [0.15, 0.2) is 73.1 Å². The number of pyridine rings is 1. The Labute approximate surface area is 161 Å². The van der Waals surface area contributed by atoms with E-state index >= 15 is 0 Å². The summed E-state index contributed by atoms with van der Waals surface area (Å²) in [6, 6.07) is 14.2. The van der Waals surface area contributed by atoms with Gasteiger partial charge < -0.3 is 10.6 Å². The van der Waals surface area contributed by atoms with Crippen LogP contribution in [0.4, 0.5) is 20.2 Å². The molecule has 3 aromatic rings. The molecule has 0 aliphatic carbocycles. The van der Waals surface area contributed by atoms with E-state index in [2.05, 4.69) is 15.6 Å². The summed E-state index contributed by atoms with van der Waals surface area (Å²) in [4.78, 5) is 16.1. The molecule has 0 saturated carbocycles. The van der Waals surface area contributed by atoms with Gasteiger partial charge in [0.25, 0.3) is 0 Å². The van der Waals surface area contributed by atoms with Gasteiger partial charge in [0, 0.05) is 35.4 Å². The van der Waals surface area contributed by atoms with Crippen LogP contribution in [0.2, 0.25) is 0 Å². The van der Waals surface area contributed by atoms with Crippen molar-refractivity contribution in [2.24, 2.45) is 0 Å². The lowest BCUT2D eigenvalue weighted by Crippen LogP contribution is -2.24. The van der Waals surface area contributed by atoms with E-state index < -0.39 is 17.5 Å². The van der Waals surface area contributed by atoms with E-state index in [0.717, 1.165) is 35.1 Å². The van der Waals surface area contributed by atoms with Crippen molar-refractivity contribution in [3.8, 4) is 0 Å². The number of anilines is 2. The molecule has 142 valence electrons. The minimum atomic E-state index is -0.589. The Bertz CT molecular complexity index is 990. The monoisotopic (exact) mass is 379 g/mol. The molecule has 0 aliphatic rings. The van der Waals surface area contributed by atoms with Crippen LogP contribution in [-0.2, 0) is 4.79 Å². The molecule has 0 spiro atoms. The van der Waals surface area contributed by atoms with Crippen molar-refractivity contribution in [3.05, 3.63) is 95.8 Å². The first-order valence-corrected chi connectivity index (χ1v) is 8.72. The van der Waals surface area contributed by atoms with Crippen molar-refractivity contribution < 1.29 is 13.6 Å². The van der Waals surface area contributed by atoms with Crippen molar-refractivity contribution in [3.63, 3.8) is 0 Å². The van der Waals surface area contributed by atoms with Crippen LogP contribution in [0.25, 0.3) is 6.08 Å². The summed E-state index contributed by atoms with van der Waals surface area (Å²) in [5, 5.41) is 6.08. The quantitative estimate of drug-likeness (QED) is 0.593. The van der Waals surface area contributed by atoms with Crippen LogP contribution < -0.4 is 10.6 Å². The molecule has 0 aliphatic heterocycles. The number of carbonyl (C=O) groups excluding carboxylic acids is 1. The summed E-state index contributed by atoms with van der Waals surface area (Å²) in [5.74, 6) is -1.55. The molecule has 0 saturated heterocycles. The smallest absolute Gasteiger partial charge is 0.244 e. The fourth-order valence-electron chi connectivity index (χ4n) is 2.64. The summed E-state index contributed by atoms with van der Waals surface area (Å²) < 4.78 is 26.8. The molecule has 1 aromatic heterocycles. The van der Waals surface area contributed by atoms with Crippen LogP contribution in [0.5, 0.6) is 0 Å². The predicted molar refractivity (Wildman–Crippen MR) is 106 cm³/mol. The zero-order chi connectivity index (χ0) is 19.9. The highest BCUT2D eigenvalue weighted by atomic mass is 19.1. The Balaban J connectivity index is 1.64. The summed E-state index contributed by atoms with van der Waals surface area (Å²) in [5.41, 5.74) is 2.70. The topological polar surface area (TPSA) is 54.0 Å². The molecular weight excluding hydrogens is 360 g/mol. The Morgan fingerprint density at radius 1 is 1.04 bits per heavy atom. The highest BCUT2D eigenvalue weighted by Gasteiger charge is 2.09. The summed E-state index contributed by atoms with van der Waals surface area (Å²) in [7, 11) is 0. The average Bonchev–Trinajstić information content (AvgIpc) is 2.69. The second-order valence-electron chi connectivity index (χ2n) is 6.22. The van der Waals surface area contributed by atoms with Crippen LogP contribution in [0, 0.1) is 11.6 Å². The van der Waals surface area contributed by atoms with Gasteiger partial charge in [0.1, 0.15) is 11.6 Å². The number of nitrogens with one attached hydrogen (secondary N) is 2. The number of aromatic nitrogens is 1. The number of carbonyl (C=O) groups is 1. The molecule has 6 heteroatoms. The molecule has 0 bridgehead atoms. The molecular formula is C22H19F2N3O. The zero-order valence-corrected chi connectivity index (χ0v) is 15.2. The summed E-state index contributed by atoms with van der Waals surface area (Å²) in [6.07, 6.45) is 5.83. The lowest BCUT2D eigenvalue weighted by molar-refractivity contribution is -0.117. The van der Waals surface area contributed by atoms with E-state index in [1.165, 1.54) is 12.2 Å². The van der Waals surface area contributed by atoms with Crippen LogP contribution in [-0.4, -0.2) is 10.9 Å². The van der Waals surface area contributed by atoms with E-state index in [0.29, 0.717) is 0 Å². The Hall–Kier alpha value is -3.54. The molecule has 0 fully saturated rings. The van der Waals surface area contributed by atoms with Gasteiger partial charge >= 0.3 is 0 Å². The SMILES string of the molecule is C[C@H](NC(=O)/C=C/c1cc(F)ccc1F)c1cccc(Nc2ccncc2)c1. The summed E-state index contributed by atoms with van der Waals surface area (Å²) >= 11 is 0. The molecule has 0 unspecified atom stereocenters. The maximum absolute atomic E-state index is 13.6. The van der Waals surface area contributed by atoms with E-state index in [1.807, 2.05) is 43.3 Å². The lowest BCUT2D eigenvalue weighted by atomic mass is 10.1. The number of nitrogens with zero attached hydrogens (tertiary/aromatic N) is 1. The second-order valence-corrected chi connectivity index (χ2v) is 6.22. The third-order valence-corrected chi connectivity index (χ3v) is 4.09. The fraction of sp³-hybridized carbons (Fsp3) is 0.0909. The van der Waals surface area contributed by atoms with Gasteiger partial charge in [-0.25, -0.2) is 8.78 Å². The molecule has 3 rings (SSSR count). The Morgan fingerprint density at radius 2 is 1.82 bits per heavy atom. The number of benzene rings is 2. The molecule has 28 heavy (non-hydrogen) atoms. The van der Waals surface area contributed by atoms with Gasteiger partial charge in [0.05, 0.1) is 6.04 Å². The first-order valence-electron chi connectivity index (χ1n) is 8.72. The first-order chi connectivity index (χ1) is 13.5. The van der Waals surface area contributed by atoms with E-state index in [1.54, 1.807) is 12.4 Å². The molecule has 1 amide bonds. The highest BCUT2D eigenvalue weighted by Crippen LogP contribution is 2.21. The van der Waals surface area contributed by atoms with Gasteiger partial charge in [0.15, 0.2) is 0 Å². The van der Waals surface area contributed by atoms with Gasteiger partial charge in [-0.3, -0.25) is 9.78 Å². The average molecular weight is 379 g/mol. The van der Waals surface area contributed by atoms with Crippen molar-refractivity contribution in [1.82, 2.24) is 10.3 Å². The number of amides is 1. The first kappa shape index (κ1) is 19.2. The van der Waals surface area contributed by atoms with E-state index in [9.17, 15) is 13.6 Å². The molecule has 1 heterocycles. The van der Waals surface area contributed by atoms with E-state index in [4.69, 9.17) is 0 Å². The zero-order valence-electron chi connectivity index (χ0n) is 15.2. The third kappa shape index (κ3) is 5.23. The predicted octanol–water partition coefficient (Wildman–Crippen LogP) is 4.99. The van der Waals surface area contributed by atoms with Gasteiger partial charge in [0.2, 0.25) is 5.91 Å². The minimum Gasteiger partial charge on any atom is -0.355 e. The second kappa shape index (κ2) is 8.90. The fourth-order valence-corrected chi connectivity index (χ4v) is 2.64. The van der Waals surface area contributed by atoms with Gasteiger partial charge in [-0.15, -0.1) is 0 Å². The van der Waals surface area contributed by atoms with Crippen molar-refractivity contribution >= 4 is 23.4 Å². The molecule has 2 N–H and O–H groups in total. The molecule has 2 aromatic carbocycles.